The molecule has 0 saturated heterocycles. The number of benzene rings is 1. The van der Waals surface area contributed by atoms with Crippen LogP contribution in [0.25, 0.3) is 28.3 Å². The number of hydrogen-bond acceptors (Lipinski definition) is 5. The molecule has 3 heterocycles. The normalized spacial score (nSPS) is 11.0. The van der Waals surface area contributed by atoms with Gasteiger partial charge in [0.2, 0.25) is 0 Å². The Bertz CT molecular complexity index is 912. The number of phenolic OH excluding ortho intramolecular Hbond substituents is 1. The van der Waals surface area contributed by atoms with E-state index in [2.05, 4.69) is 25.6 Å². The Hall–Kier alpha value is -3.22. The number of aromatic hydroxyl groups is 1. The van der Waals surface area contributed by atoms with Gasteiger partial charge in [0.05, 0.1) is 6.20 Å². The van der Waals surface area contributed by atoms with Crippen LogP contribution in [0.5, 0.6) is 5.75 Å². The Kier molecular flexibility index (Phi) is 2.43. The summed E-state index contributed by atoms with van der Waals surface area (Å²) in [5.74, 6) is 0.850. The fraction of sp³-hybridized carbons (Fsp3) is 0. The third-order valence-electron chi connectivity index (χ3n) is 3.22. The first-order chi connectivity index (χ1) is 10.3. The minimum Gasteiger partial charge on any atom is -0.508 e. The monoisotopic (exact) mass is 278 g/mol. The van der Waals surface area contributed by atoms with Gasteiger partial charge in [-0.25, -0.2) is 0 Å². The standard InChI is InChI=1S/C14H10N6O/c21-11-3-1-2-9(6-11)14-18-17-13-5-4-10(8-20(13)14)12-7-15-19-16-12/h1-8,21H,(H,15,16,19). The molecule has 3 aromatic heterocycles. The third kappa shape index (κ3) is 1.91. The summed E-state index contributed by atoms with van der Waals surface area (Å²) in [6, 6.07) is 10.7. The number of H-pyrrole nitrogens is 1. The van der Waals surface area contributed by atoms with Crippen LogP contribution in [-0.2, 0) is 0 Å². The second kappa shape index (κ2) is 4.41. The van der Waals surface area contributed by atoms with E-state index >= 15 is 0 Å². The highest BCUT2D eigenvalue weighted by molar-refractivity contribution is 5.65. The second-order valence-electron chi connectivity index (χ2n) is 4.58. The van der Waals surface area contributed by atoms with Crippen molar-refractivity contribution >= 4 is 5.65 Å². The van der Waals surface area contributed by atoms with Gasteiger partial charge in [-0.3, -0.25) is 4.40 Å². The van der Waals surface area contributed by atoms with E-state index in [1.54, 1.807) is 24.4 Å². The van der Waals surface area contributed by atoms with Crippen molar-refractivity contribution in [3.05, 3.63) is 48.8 Å². The van der Waals surface area contributed by atoms with Crippen LogP contribution in [0.1, 0.15) is 0 Å². The molecule has 0 radical (unpaired) electrons. The van der Waals surface area contributed by atoms with Crippen LogP contribution in [0.15, 0.2) is 48.8 Å². The van der Waals surface area contributed by atoms with Gasteiger partial charge in [-0.2, -0.15) is 15.4 Å². The van der Waals surface area contributed by atoms with Gasteiger partial charge in [-0.15, -0.1) is 10.2 Å². The molecule has 0 aliphatic rings. The van der Waals surface area contributed by atoms with Crippen LogP contribution in [-0.4, -0.2) is 35.1 Å². The number of fused-ring (bicyclic) bond motifs is 1. The summed E-state index contributed by atoms with van der Waals surface area (Å²) in [5, 5.41) is 28.4. The summed E-state index contributed by atoms with van der Waals surface area (Å²) < 4.78 is 1.86. The zero-order chi connectivity index (χ0) is 14.2. The van der Waals surface area contributed by atoms with Gasteiger partial charge in [0.1, 0.15) is 11.4 Å². The van der Waals surface area contributed by atoms with Crippen LogP contribution in [0, 0.1) is 0 Å². The average Bonchev–Trinajstić information content (AvgIpc) is 3.16. The summed E-state index contributed by atoms with van der Waals surface area (Å²) in [4.78, 5) is 0. The Morgan fingerprint density at radius 1 is 1.05 bits per heavy atom. The van der Waals surface area contributed by atoms with E-state index < -0.39 is 0 Å². The van der Waals surface area contributed by atoms with Gasteiger partial charge in [0.25, 0.3) is 0 Å². The minimum atomic E-state index is 0.192. The quantitative estimate of drug-likeness (QED) is 0.584. The lowest BCUT2D eigenvalue weighted by Crippen LogP contribution is -1.91. The van der Waals surface area contributed by atoms with Gasteiger partial charge in [-0.1, -0.05) is 12.1 Å². The summed E-state index contributed by atoms with van der Waals surface area (Å²) in [5.41, 5.74) is 3.16. The van der Waals surface area contributed by atoms with Crippen LogP contribution in [0.2, 0.25) is 0 Å². The highest BCUT2D eigenvalue weighted by Crippen LogP contribution is 2.24. The van der Waals surface area contributed by atoms with Crippen molar-refractivity contribution in [2.75, 3.05) is 0 Å². The van der Waals surface area contributed by atoms with E-state index in [-0.39, 0.29) is 5.75 Å². The second-order valence-corrected chi connectivity index (χ2v) is 4.58. The SMILES string of the molecule is Oc1cccc(-c2nnc3ccc(-c4cn[nH]n4)cn23)c1. The highest BCUT2D eigenvalue weighted by Gasteiger charge is 2.10. The van der Waals surface area contributed by atoms with Gasteiger partial charge in [0, 0.05) is 17.3 Å². The van der Waals surface area contributed by atoms with Crippen molar-refractivity contribution in [2.45, 2.75) is 0 Å². The van der Waals surface area contributed by atoms with Crippen LogP contribution in [0.4, 0.5) is 0 Å². The van der Waals surface area contributed by atoms with Crippen molar-refractivity contribution in [3.63, 3.8) is 0 Å². The molecule has 4 rings (SSSR count). The molecule has 1 aromatic carbocycles. The Morgan fingerprint density at radius 3 is 2.81 bits per heavy atom. The maximum absolute atomic E-state index is 9.61. The summed E-state index contributed by atoms with van der Waals surface area (Å²) >= 11 is 0. The Labute approximate surface area is 118 Å². The molecular formula is C14H10N6O. The zero-order valence-corrected chi connectivity index (χ0v) is 10.8. The number of pyridine rings is 1. The van der Waals surface area contributed by atoms with Gasteiger partial charge in [-0.05, 0) is 24.3 Å². The number of phenols is 1. The molecule has 0 amide bonds. The number of rotatable bonds is 2. The first-order valence-corrected chi connectivity index (χ1v) is 6.31. The molecule has 4 aromatic rings. The van der Waals surface area contributed by atoms with Gasteiger partial charge in [0.15, 0.2) is 11.5 Å². The van der Waals surface area contributed by atoms with E-state index in [4.69, 9.17) is 0 Å². The number of hydrogen-bond donors (Lipinski definition) is 2. The van der Waals surface area contributed by atoms with E-state index in [1.807, 2.05) is 28.8 Å². The molecule has 7 heteroatoms. The highest BCUT2D eigenvalue weighted by atomic mass is 16.3. The summed E-state index contributed by atoms with van der Waals surface area (Å²) in [7, 11) is 0. The molecule has 0 aliphatic carbocycles. The molecule has 0 bridgehead atoms. The molecule has 0 fully saturated rings. The topological polar surface area (TPSA) is 92.0 Å². The van der Waals surface area contributed by atoms with Gasteiger partial charge < -0.3 is 5.11 Å². The molecule has 0 aliphatic heterocycles. The molecule has 102 valence electrons. The molecule has 2 N–H and O–H groups in total. The van der Waals surface area contributed by atoms with Crippen LogP contribution in [0.3, 0.4) is 0 Å². The van der Waals surface area contributed by atoms with E-state index in [0.29, 0.717) is 5.82 Å². The number of aromatic nitrogens is 6. The smallest absolute Gasteiger partial charge is 0.168 e. The minimum absolute atomic E-state index is 0.192. The lowest BCUT2D eigenvalue weighted by molar-refractivity contribution is 0.475. The van der Waals surface area contributed by atoms with E-state index in [9.17, 15) is 5.11 Å². The number of nitrogens with zero attached hydrogens (tertiary/aromatic N) is 5. The summed E-state index contributed by atoms with van der Waals surface area (Å²) in [6.45, 7) is 0. The summed E-state index contributed by atoms with van der Waals surface area (Å²) in [6.07, 6.45) is 3.55. The van der Waals surface area contributed by atoms with Crippen LogP contribution < -0.4 is 0 Å². The molecular weight excluding hydrogens is 268 g/mol. The molecule has 0 spiro atoms. The fourth-order valence-corrected chi connectivity index (χ4v) is 2.22. The van der Waals surface area contributed by atoms with Crippen molar-refractivity contribution in [3.8, 4) is 28.4 Å². The van der Waals surface area contributed by atoms with E-state index in [0.717, 1.165) is 22.5 Å². The lowest BCUT2D eigenvalue weighted by atomic mass is 10.2. The largest absolute Gasteiger partial charge is 0.508 e. The van der Waals surface area contributed by atoms with Gasteiger partial charge >= 0.3 is 0 Å². The van der Waals surface area contributed by atoms with E-state index in [1.165, 1.54) is 0 Å². The first kappa shape index (κ1) is 11.6. The molecule has 7 nitrogen and oxygen atoms in total. The third-order valence-corrected chi connectivity index (χ3v) is 3.22. The average molecular weight is 278 g/mol. The first-order valence-electron chi connectivity index (χ1n) is 6.31. The van der Waals surface area contributed by atoms with Crippen LogP contribution >= 0.6 is 0 Å². The predicted molar refractivity (Wildman–Crippen MR) is 75.5 cm³/mol. The van der Waals surface area contributed by atoms with Crippen molar-refractivity contribution < 1.29 is 5.11 Å². The van der Waals surface area contributed by atoms with Crippen molar-refractivity contribution in [1.82, 2.24) is 30.0 Å². The molecule has 0 unspecified atom stereocenters. The number of nitrogens with one attached hydrogen (secondary N) is 1. The Balaban J connectivity index is 1.92. The fourth-order valence-electron chi connectivity index (χ4n) is 2.22. The molecule has 0 saturated carbocycles. The zero-order valence-electron chi connectivity index (χ0n) is 10.8. The maximum Gasteiger partial charge on any atom is 0.168 e. The maximum atomic E-state index is 9.61. The number of aromatic amines is 1. The predicted octanol–water partition coefficient (Wildman–Crippen LogP) is 1.89. The lowest BCUT2D eigenvalue weighted by Gasteiger charge is -2.02. The Morgan fingerprint density at radius 2 is 2.00 bits per heavy atom. The van der Waals surface area contributed by atoms with Crippen molar-refractivity contribution in [1.29, 1.82) is 0 Å². The molecule has 21 heavy (non-hydrogen) atoms. The van der Waals surface area contributed by atoms with Crippen molar-refractivity contribution in [2.24, 2.45) is 0 Å². The molecule has 0 atom stereocenters.